The van der Waals surface area contributed by atoms with Crippen LogP contribution in [0.3, 0.4) is 0 Å². The van der Waals surface area contributed by atoms with Gasteiger partial charge in [-0.3, -0.25) is 0 Å². The van der Waals surface area contributed by atoms with E-state index < -0.39 is 0 Å². The fourth-order valence-corrected chi connectivity index (χ4v) is 1.72. The quantitative estimate of drug-likeness (QED) is 0.880. The van der Waals surface area contributed by atoms with Crippen molar-refractivity contribution in [2.24, 2.45) is 0 Å². The number of anilines is 2. The third-order valence-corrected chi connectivity index (χ3v) is 2.60. The molecule has 0 aliphatic heterocycles. The molecular weight excluding hydrogens is 240 g/mol. The highest BCUT2D eigenvalue weighted by atomic mass is 16.5. The summed E-state index contributed by atoms with van der Waals surface area (Å²) in [5.41, 5.74) is 2.55. The van der Waals surface area contributed by atoms with E-state index >= 15 is 0 Å². The summed E-state index contributed by atoms with van der Waals surface area (Å²) >= 11 is 0. The summed E-state index contributed by atoms with van der Waals surface area (Å²) in [5.74, 6) is 0.702. The van der Waals surface area contributed by atoms with Gasteiger partial charge >= 0.3 is 6.03 Å². The van der Waals surface area contributed by atoms with Gasteiger partial charge < -0.3 is 15.4 Å². The van der Waals surface area contributed by atoms with Crippen LogP contribution in [0.25, 0.3) is 0 Å². The second-order valence-corrected chi connectivity index (χ2v) is 4.18. The highest BCUT2D eigenvalue weighted by Gasteiger charge is 2.03. The lowest BCUT2D eigenvalue weighted by molar-refractivity contribution is 0.262. The summed E-state index contributed by atoms with van der Waals surface area (Å²) < 4.78 is 5.10. The Bertz CT molecular complexity index is 582. The summed E-state index contributed by atoms with van der Waals surface area (Å²) in [6.07, 6.45) is 0. The van der Waals surface area contributed by atoms with E-state index in [0.717, 1.165) is 11.3 Å². The first kappa shape index (κ1) is 13.0. The number of carbonyl (C=O) groups excluding carboxylic acids is 1. The van der Waals surface area contributed by atoms with E-state index in [2.05, 4.69) is 10.6 Å². The van der Waals surface area contributed by atoms with Crippen molar-refractivity contribution in [1.29, 1.82) is 0 Å². The molecule has 2 N–H and O–H groups in total. The van der Waals surface area contributed by atoms with Crippen LogP contribution in [-0.2, 0) is 0 Å². The minimum atomic E-state index is -0.279. The predicted molar refractivity (Wildman–Crippen MR) is 76.8 cm³/mol. The highest BCUT2D eigenvalue weighted by Crippen LogP contribution is 2.17. The fourth-order valence-electron chi connectivity index (χ4n) is 1.72. The van der Waals surface area contributed by atoms with E-state index in [1.165, 1.54) is 0 Å². The lowest BCUT2D eigenvalue weighted by Crippen LogP contribution is -2.19. The molecule has 0 aromatic heterocycles. The molecule has 0 saturated heterocycles. The van der Waals surface area contributed by atoms with Gasteiger partial charge in [-0.05, 0) is 36.8 Å². The summed E-state index contributed by atoms with van der Waals surface area (Å²) in [6.45, 7) is 1.98. The number of amides is 2. The third-order valence-electron chi connectivity index (χ3n) is 2.60. The Morgan fingerprint density at radius 1 is 1.00 bits per heavy atom. The number of aryl methyl sites for hydroxylation is 1. The van der Waals surface area contributed by atoms with Crippen molar-refractivity contribution in [3.63, 3.8) is 0 Å². The molecule has 2 aromatic carbocycles. The van der Waals surface area contributed by atoms with Gasteiger partial charge in [-0.1, -0.05) is 18.2 Å². The van der Waals surface area contributed by atoms with Gasteiger partial charge in [-0.15, -0.1) is 0 Å². The van der Waals surface area contributed by atoms with Crippen molar-refractivity contribution in [3.05, 3.63) is 54.1 Å². The summed E-state index contributed by atoms with van der Waals surface area (Å²) in [5, 5.41) is 5.53. The lowest BCUT2D eigenvalue weighted by Gasteiger charge is -2.09. The molecule has 2 rings (SSSR count). The number of hydrogen-bond acceptors (Lipinski definition) is 2. The molecule has 0 atom stereocenters. The second kappa shape index (κ2) is 5.91. The molecule has 0 aliphatic rings. The number of carbonyl (C=O) groups is 1. The Morgan fingerprint density at radius 3 is 2.26 bits per heavy atom. The molecule has 4 nitrogen and oxygen atoms in total. The first-order valence-corrected chi connectivity index (χ1v) is 5.96. The molecule has 4 heteroatoms. The molecule has 0 radical (unpaired) electrons. The zero-order valence-corrected chi connectivity index (χ0v) is 10.9. The van der Waals surface area contributed by atoms with Crippen molar-refractivity contribution in [1.82, 2.24) is 0 Å². The van der Waals surface area contributed by atoms with E-state index in [9.17, 15) is 4.79 Å². The van der Waals surface area contributed by atoms with Crippen LogP contribution in [0.5, 0.6) is 5.75 Å². The van der Waals surface area contributed by atoms with Crippen LogP contribution in [0.2, 0.25) is 0 Å². The van der Waals surface area contributed by atoms with Crippen molar-refractivity contribution in [3.8, 4) is 5.75 Å². The zero-order valence-electron chi connectivity index (χ0n) is 10.9. The number of urea groups is 1. The number of methoxy groups -OCH3 is 1. The number of rotatable bonds is 3. The van der Waals surface area contributed by atoms with Gasteiger partial charge in [0, 0.05) is 17.4 Å². The predicted octanol–water partition coefficient (Wildman–Crippen LogP) is 3.65. The standard InChI is InChI=1S/C15H16N2O2/c1-11-5-3-6-12(9-11)16-15(18)17-13-7-4-8-14(10-13)19-2/h3-10H,1-2H3,(H2,16,17,18). The van der Waals surface area contributed by atoms with Gasteiger partial charge in [0.1, 0.15) is 5.75 Å². The van der Waals surface area contributed by atoms with Crippen LogP contribution in [0, 0.1) is 6.92 Å². The SMILES string of the molecule is COc1cccc(NC(=O)Nc2cccc(C)c2)c1. The molecule has 0 aliphatic carbocycles. The average molecular weight is 256 g/mol. The first-order chi connectivity index (χ1) is 9.17. The van der Waals surface area contributed by atoms with Crippen molar-refractivity contribution >= 4 is 17.4 Å². The Labute approximate surface area is 112 Å². The number of ether oxygens (including phenoxy) is 1. The van der Waals surface area contributed by atoms with Crippen molar-refractivity contribution in [2.75, 3.05) is 17.7 Å². The van der Waals surface area contributed by atoms with Gasteiger partial charge in [0.25, 0.3) is 0 Å². The monoisotopic (exact) mass is 256 g/mol. The first-order valence-electron chi connectivity index (χ1n) is 5.96. The molecule has 0 heterocycles. The normalized spacial score (nSPS) is 9.79. The minimum Gasteiger partial charge on any atom is -0.497 e. The van der Waals surface area contributed by atoms with E-state index in [1.54, 1.807) is 19.2 Å². The van der Waals surface area contributed by atoms with Crippen molar-refractivity contribution in [2.45, 2.75) is 6.92 Å². The molecule has 0 spiro atoms. The van der Waals surface area contributed by atoms with Gasteiger partial charge in [0.05, 0.1) is 7.11 Å². The van der Waals surface area contributed by atoms with Gasteiger partial charge in [-0.2, -0.15) is 0 Å². The largest absolute Gasteiger partial charge is 0.497 e. The Morgan fingerprint density at radius 2 is 1.63 bits per heavy atom. The maximum absolute atomic E-state index is 11.8. The highest BCUT2D eigenvalue weighted by molar-refractivity contribution is 5.99. The van der Waals surface area contributed by atoms with Gasteiger partial charge in [-0.25, -0.2) is 4.79 Å². The van der Waals surface area contributed by atoms with Crippen LogP contribution in [0.4, 0.5) is 16.2 Å². The number of benzene rings is 2. The third kappa shape index (κ3) is 3.74. The molecule has 0 bridgehead atoms. The molecule has 2 aromatic rings. The average Bonchev–Trinajstić information content (AvgIpc) is 2.38. The van der Waals surface area contributed by atoms with E-state index in [-0.39, 0.29) is 6.03 Å². The van der Waals surface area contributed by atoms with Crippen LogP contribution in [0.1, 0.15) is 5.56 Å². The molecule has 0 unspecified atom stereocenters. The molecular formula is C15H16N2O2. The second-order valence-electron chi connectivity index (χ2n) is 4.18. The zero-order chi connectivity index (χ0) is 13.7. The maximum Gasteiger partial charge on any atom is 0.323 e. The molecule has 19 heavy (non-hydrogen) atoms. The van der Waals surface area contributed by atoms with Crippen LogP contribution in [0.15, 0.2) is 48.5 Å². The summed E-state index contributed by atoms with van der Waals surface area (Å²) in [7, 11) is 1.59. The Hall–Kier alpha value is -2.49. The minimum absolute atomic E-state index is 0.279. The molecule has 0 saturated carbocycles. The van der Waals surface area contributed by atoms with Gasteiger partial charge in [0.2, 0.25) is 0 Å². The number of nitrogens with one attached hydrogen (secondary N) is 2. The lowest BCUT2D eigenvalue weighted by atomic mass is 10.2. The Balaban J connectivity index is 2.01. The van der Waals surface area contributed by atoms with E-state index in [4.69, 9.17) is 4.74 Å². The molecule has 2 amide bonds. The van der Waals surface area contributed by atoms with Crippen LogP contribution < -0.4 is 15.4 Å². The van der Waals surface area contributed by atoms with Crippen LogP contribution in [-0.4, -0.2) is 13.1 Å². The molecule has 0 fully saturated rings. The van der Waals surface area contributed by atoms with E-state index in [0.29, 0.717) is 11.4 Å². The van der Waals surface area contributed by atoms with E-state index in [1.807, 2.05) is 43.3 Å². The smallest absolute Gasteiger partial charge is 0.323 e. The fraction of sp³-hybridized carbons (Fsp3) is 0.133. The van der Waals surface area contributed by atoms with Gasteiger partial charge in [0.15, 0.2) is 0 Å². The summed E-state index contributed by atoms with van der Waals surface area (Å²) in [4.78, 5) is 11.8. The molecule has 98 valence electrons. The maximum atomic E-state index is 11.8. The number of hydrogen-bond donors (Lipinski definition) is 2. The van der Waals surface area contributed by atoms with Crippen molar-refractivity contribution < 1.29 is 9.53 Å². The van der Waals surface area contributed by atoms with Crippen LogP contribution >= 0.6 is 0 Å². The summed E-state index contributed by atoms with van der Waals surface area (Å²) in [6, 6.07) is 14.6. The topological polar surface area (TPSA) is 50.4 Å². The Kier molecular flexibility index (Phi) is 4.03.